The Morgan fingerprint density at radius 3 is 3.00 bits per heavy atom. The summed E-state index contributed by atoms with van der Waals surface area (Å²) >= 11 is 0. The van der Waals surface area contributed by atoms with Crippen LogP contribution < -0.4 is 4.72 Å². The first kappa shape index (κ1) is 11.7. The normalized spacial score (nSPS) is 11.8. The third-order valence-corrected chi connectivity index (χ3v) is 3.48. The van der Waals surface area contributed by atoms with Crippen LogP contribution in [-0.2, 0) is 16.6 Å². The topological polar surface area (TPSA) is 106 Å². The van der Waals surface area contributed by atoms with Crippen LogP contribution in [0.4, 0.5) is 0 Å². The lowest BCUT2D eigenvalue weighted by atomic mass is 10.4. The summed E-state index contributed by atoms with van der Waals surface area (Å²) in [7, 11) is -3.47. The Kier molecular flexibility index (Phi) is 3.49. The van der Waals surface area contributed by atoms with E-state index in [0.717, 1.165) is 0 Å². The van der Waals surface area contributed by atoms with Gasteiger partial charge in [-0.2, -0.15) is 0 Å². The summed E-state index contributed by atoms with van der Waals surface area (Å²) in [5.74, 6) is 0. The minimum absolute atomic E-state index is 0.0678. The van der Waals surface area contributed by atoms with Crippen molar-refractivity contribution in [1.29, 1.82) is 0 Å². The van der Waals surface area contributed by atoms with Crippen LogP contribution in [0.15, 0.2) is 29.9 Å². The number of H-pyrrole nitrogens is 1. The summed E-state index contributed by atoms with van der Waals surface area (Å²) < 4.78 is 27.4. The van der Waals surface area contributed by atoms with E-state index in [1.807, 2.05) is 0 Å². The van der Waals surface area contributed by atoms with Crippen molar-refractivity contribution in [3.63, 3.8) is 0 Å². The summed E-state index contributed by atoms with van der Waals surface area (Å²) in [5.41, 5.74) is 0. The van der Waals surface area contributed by atoms with E-state index in [1.54, 1.807) is 17.1 Å². The second kappa shape index (κ2) is 5.06. The molecule has 0 amide bonds. The number of nitrogens with one attached hydrogen (secondary N) is 2. The van der Waals surface area contributed by atoms with Gasteiger partial charge in [0.05, 0.1) is 18.7 Å². The molecule has 0 aromatic carbocycles. The first-order valence-electron chi connectivity index (χ1n) is 5.00. The van der Waals surface area contributed by atoms with Gasteiger partial charge in [0.2, 0.25) is 0 Å². The van der Waals surface area contributed by atoms with Gasteiger partial charge in [0.15, 0.2) is 5.03 Å². The number of aryl methyl sites for hydroxylation is 1. The highest BCUT2D eigenvalue weighted by Crippen LogP contribution is 2.01. The second-order valence-electron chi connectivity index (χ2n) is 3.33. The van der Waals surface area contributed by atoms with Crippen molar-refractivity contribution in [3.8, 4) is 0 Å². The monoisotopic (exact) mass is 256 g/mol. The maximum Gasteiger partial charge on any atom is 0.257 e. The first-order chi connectivity index (χ1) is 8.18. The molecule has 2 rings (SSSR count). The Balaban J connectivity index is 1.79. The summed E-state index contributed by atoms with van der Waals surface area (Å²) in [6.45, 7) is 0.951. The van der Waals surface area contributed by atoms with Gasteiger partial charge in [0.25, 0.3) is 10.0 Å². The Labute approximate surface area is 98.1 Å². The summed E-state index contributed by atoms with van der Waals surface area (Å²) in [5, 5.41) is 7.49. The van der Waals surface area contributed by atoms with E-state index in [9.17, 15) is 8.42 Å². The van der Waals surface area contributed by atoms with Crippen molar-refractivity contribution >= 4 is 10.0 Å². The molecule has 8 nitrogen and oxygen atoms in total. The quantitative estimate of drug-likeness (QED) is 0.669. The van der Waals surface area contributed by atoms with E-state index >= 15 is 0 Å². The van der Waals surface area contributed by atoms with Gasteiger partial charge >= 0.3 is 0 Å². The minimum atomic E-state index is -3.47. The van der Waals surface area contributed by atoms with Crippen molar-refractivity contribution in [3.05, 3.63) is 24.9 Å². The molecule has 0 unspecified atom stereocenters. The van der Waals surface area contributed by atoms with Gasteiger partial charge in [-0.05, 0) is 6.42 Å². The molecule has 0 atom stereocenters. The molecule has 92 valence electrons. The number of hydrogen-bond acceptors (Lipinski definition) is 5. The molecule has 0 spiro atoms. The molecule has 0 aliphatic heterocycles. The highest BCUT2D eigenvalue weighted by Gasteiger charge is 2.13. The number of nitrogens with zero attached hydrogens (tertiary/aromatic N) is 4. The highest BCUT2D eigenvalue weighted by atomic mass is 32.2. The van der Waals surface area contributed by atoms with Crippen LogP contribution in [-0.4, -0.2) is 39.9 Å². The van der Waals surface area contributed by atoms with Crippen molar-refractivity contribution < 1.29 is 8.42 Å². The van der Waals surface area contributed by atoms with E-state index in [0.29, 0.717) is 19.5 Å². The molecule has 0 aliphatic rings. The molecule has 0 fully saturated rings. The number of rotatable bonds is 6. The largest absolute Gasteiger partial charge is 0.335 e. The SMILES string of the molecule is O=S(=O)(NCCCn1ccnn1)c1cnc[nH]1. The standard InChI is InChI=1S/C8H12N6O2S/c15-17(16,8-6-9-7-10-8)12-2-1-4-14-5-3-11-13-14/h3,5-7,12H,1-2,4H2,(H,9,10). The second-order valence-corrected chi connectivity index (χ2v) is 5.07. The Bertz CT molecular complexity index is 533. The molecule has 0 radical (unpaired) electrons. The van der Waals surface area contributed by atoms with Crippen LogP contribution in [0.5, 0.6) is 0 Å². The third kappa shape index (κ3) is 3.11. The maximum absolute atomic E-state index is 11.6. The van der Waals surface area contributed by atoms with Gasteiger partial charge in [0, 0.05) is 19.3 Å². The molecule has 2 aromatic rings. The van der Waals surface area contributed by atoms with Crippen LogP contribution in [0.2, 0.25) is 0 Å². The predicted octanol–water partition coefficient (Wildman–Crippen LogP) is -0.630. The van der Waals surface area contributed by atoms with E-state index in [1.165, 1.54) is 12.5 Å². The molecule has 9 heteroatoms. The summed E-state index contributed by atoms with van der Waals surface area (Å²) in [6.07, 6.45) is 6.53. The lowest BCUT2D eigenvalue weighted by Gasteiger charge is -2.04. The smallest absolute Gasteiger partial charge is 0.257 e. The Morgan fingerprint density at radius 2 is 2.35 bits per heavy atom. The molecule has 2 aromatic heterocycles. The van der Waals surface area contributed by atoms with Gasteiger partial charge in [-0.15, -0.1) is 5.10 Å². The van der Waals surface area contributed by atoms with Gasteiger partial charge < -0.3 is 4.98 Å². The first-order valence-corrected chi connectivity index (χ1v) is 6.49. The van der Waals surface area contributed by atoms with Crippen LogP contribution in [0.3, 0.4) is 0 Å². The number of aromatic amines is 1. The lowest BCUT2D eigenvalue weighted by molar-refractivity contribution is 0.541. The Morgan fingerprint density at radius 1 is 1.47 bits per heavy atom. The van der Waals surface area contributed by atoms with Crippen molar-refractivity contribution in [2.24, 2.45) is 0 Å². The summed E-state index contributed by atoms with van der Waals surface area (Å²) in [4.78, 5) is 6.20. The van der Waals surface area contributed by atoms with E-state index < -0.39 is 10.0 Å². The van der Waals surface area contributed by atoms with Gasteiger partial charge in [-0.25, -0.2) is 18.1 Å². The van der Waals surface area contributed by atoms with E-state index in [-0.39, 0.29) is 5.03 Å². The molecule has 2 N–H and O–H groups in total. The average Bonchev–Trinajstić information content (AvgIpc) is 2.97. The van der Waals surface area contributed by atoms with E-state index in [4.69, 9.17) is 0 Å². The zero-order valence-corrected chi connectivity index (χ0v) is 9.76. The summed E-state index contributed by atoms with van der Waals surface area (Å²) in [6, 6.07) is 0. The zero-order valence-electron chi connectivity index (χ0n) is 8.94. The number of hydrogen-bond donors (Lipinski definition) is 2. The zero-order chi connectivity index (χ0) is 12.1. The van der Waals surface area contributed by atoms with Gasteiger partial charge in [-0.1, -0.05) is 5.21 Å². The van der Waals surface area contributed by atoms with Crippen LogP contribution in [0.1, 0.15) is 6.42 Å². The molecular formula is C8H12N6O2S. The minimum Gasteiger partial charge on any atom is -0.335 e. The molecule has 0 bridgehead atoms. The molecule has 17 heavy (non-hydrogen) atoms. The van der Waals surface area contributed by atoms with Crippen molar-refractivity contribution in [2.75, 3.05) is 6.54 Å². The van der Waals surface area contributed by atoms with Crippen molar-refractivity contribution in [2.45, 2.75) is 18.0 Å². The maximum atomic E-state index is 11.6. The predicted molar refractivity (Wildman–Crippen MR) is 58.4 cm³/mol. The number of imidazole rings is 1. The van der Waals surface area contributed by atoms with Crippen LogP contribution >= 0.6 is 0 Å². The van der Waals surface area contributed by atoms with Gasteiger partial charge in [-0.3, -0.25) is 4.68 Å². The molecule has 0 aliphatic carbocycles. The number of aromatic nitrogens is 5. The molecule has 2 heterocycles. The van der Waals surface area contributed by atoms with E-state index in [2.05, 4.69) is 25.0 Å². The van der Waals surface area contributed by atoms with Crippen LogP contribution in [0, 0.1) is 0 Å². The fourth-order valence-corrected chi connectivity index (χ4v) is 2.24. The molecule has 0 saturated heterocycles. The lowest BCUT2D eigenvalue weighted by Crippen LogP contribution is -2.25. The number of sulfonamides is 1. The van der Waals surface area contributed by atoms with Crippen LogP contribution in [0.25, 0.3) is 0 Å². The van der Waals surface area contributed by atoms with Crippen molar-refractivity contribution in [1.82, 2.24) is 29.7 Å². The highest BCUT2D eigenvalue weighted by molar-refractivity contribution is 7.89. The Hall–Kier alpha value is -1.74. The van der Waals surface area contributed by atoms with Gasteiger partial charge in [0.1, 0.15) is 0 Å². The third-order valence-electron chi connectivity index (χ3n) is 2.09. The molecular weight excluding hydrogens is 244 g/mol. The fourth-order valence-electron chi connectivity index (χ4n) is 1.27. The molecule has 0 saturated carbocycles. The fraction of sp³-hybridized carbons (Fsp3) is 0.375. The average molecular weight is 256 g/mol.